The van der Waals surface area contributed by atoms with Crippen LogP contribution < -0.4 is 33.0 Å². The Morgan fingerprint density at radius 1 is 1.08 bits per heavy atom. The standard InChI is InChI=1S/C29H30N6O3S/c1-14-16(11-13-21(34-14)38-15-6-3-2-4-7-15)29(33)17-10-12-19(31)25-22(17)23(24(32)27(29)36)26(39-25)28(37)35-20-9-5-8-18(20)30/h2-4,6-7,10-13,18,20,24H,5,8-9,30-33H2,1H3,(H,35,37)/t18-,20-,24?,29?/m1/s1. The van der Waals surface area contributed by atoms with Gasteiger partial charge in [0.25, 0.3) is 5.91 Å². The fourth-order valence-electron chi connectivity index (χ4n) is 5.85. The summed E-state index contributed by atoms with van der Waals surface area (Å²) < 4.78 is 6.55. The molecule has 10 heteroatoms. The monoisotopic (exact) mass is 542 g/mol. The number of carbonyl (C=O) groups is 2. The van der Waals surface area contributed by atoms with Crippen molar-refractivity contribution in [1.29, 1.82) is 0 Å². The number of nitrogens with zero attached hydrogens (tertiary/aromatic N) is 1. The maximum absolute atomic E-state index is 14.0. The minimum Gasteiger partial charge on any atom is -0.439 e. The molecule has 9 nitrogen and oxygen atoms in total. The Bertz CT molecular complexity index is 1620. The zero-order chi connectivity index (χ0) is 27.5. The van der Waals surface area contributed by atoms with E-state index in [4.69, 9.17) is 27.7 Å². The van der Waals surface area contributed by atoms with Gasteiger partial charge in [-0.3, -0.25) is 9.59 Å². The Morgan fingerprint density at radius 3 is 2.51 bits per heavy atom. The number of Topliss-reactive ketones (excluding diaryl/α,β-unsaturated/α-hetero) is 1. The molecule has 2 aliphatic rings. The molecule has 2 heterocycles. The van der Waals surface area contributed by atoms with E-state index in [1.54, 1.807) is 31.2 Å². The molecule has 39 heavy (non-hydrogen) atoms. The van der Waals surface area contributed by atoms with Crippen LogP contribution in [0.15, 0.2) is 54.6 Å². The third-order valence-electron chi connectivity index (χ3n) is 7.86. The number of nitrogens with one attached hydrogen (secondary N) is 1. The molecule has 2 aromatic heterocycles. The number of carbonyl (C=O) groups excluding carboxylic acids is 2. The normalized spacial score (nSPS) is 24.2. The molecule has 0 aliphatic heterocycles. The van der Waals surface area contributed by atoms with Crippen LogP contribution in [0.4, 0.5) is 5.69 Å². The van der Waals surface area contributed by atoms with Crippen LogP contribution >= 0.6 is 11.3 Å². The number of amides is 1. The molecule has 2 aromatic carbocycles. The first-order valence-electron chi connectivity index (χ1n) is 12.9. The molecular formula is C29H30N6O3S. The molecule has 0 bridgehead atoms. The van der Waals surface area contributed by atoms with Crippen LogP contribution in [-0.2, 0) is 10.3 Å². The number of thiophene rings is 1. The number of nitrogens with two attached hydrogens (primary N) is 4. The highest BCUT2D eigenvalue weighted by atomic mass is 32.1. The van der Waals surface area contributed by atoms with Crippen LogP contribution in [0.5, 0.6) is 11.6 Å². The van der Waals surface area contributed by atoms with E-state index < -0.39 is 17.4 Å². The van der Waals surface area contributed by atoms with E-state index in [-0.39, 0.29) is 18.0 Å². The van der Waals surface area contributed by atoms with Crippen LogP contribution in [0, 0.1) is 6.92 Å². The molecule has 4 aromatic rings. The summed E-state index contributed by atoms with van der Waals surface area (Å²) in [6.45, 7) is 1.78. The lowest BCUT2D eigenvalue weighted by atomic mass is 9.70. The van der Waals surface area contributed by atoms with Gasteiger partial charge in [0.2, 0.25) is 5.88 Å². The molecule has 0 spiro atoms. The summed E-state index contributed by atoms with van der Waals surface area (Å²) in [5, 5.41) is 3.70. The van der Waals surface area contributed by atoms with Gasteiger partial charge in [-0.05, 0) is 56.0 Å². The number of rotatable bonds is 5. The largest absolute Gasteiger partial charge is 0.439 e. The predicted octanol–water partition coefficient (Wildman–Crippen LogP) is 3.37. The Balaban J connectivity index is 1.46. The van der Waals surface area contributed by atoms with E-state index in [0.29, 0.717) is 54.7 Å². The molecule has 2 aliphatic carbocycles. The third kappa shape index (κ3) is 3.99. The maximum Gasteiger partial charge on any atom is 0.262 e. The number of nitrogen functional groups attached to an aromatic ring is 1. The highest BCUT2D eigenvalue weighted by Gasteiger charge is 2.49. The Hall–Kier alpha value is -3.83. The van der Waals surface area contributed by atoms with E-state index in [1.807, 2.05) is 30.3 Å². The molecular weight excluding hydrogens is 512 g/mol. The summed E-state index contributed by atoms with van der Waals surface area (Å²) in [7, 11) is 0. The van der Waals surface area contributed by atoms with Gasteiger partial charge in [0.1, 0.15) is 11.3 Å². The van der Waals surface area contributed by atoms with E-state index >= 15 is 0 Å². The number of ether oxygens (including phenoxy) is 1. The number of hydrogen-bond acceptors (Lipinski definition) is 9. The minimum absolute atomic E-state index is 0.100. The van der Waals surface area contributed by atoms with Crippen molar-refractivity contribution in [3.8, 4) is 11.6 Å². The smallest absolute Gasteiger partial charge is 0.262 e. The van der Waals surface area contributed by atoms with Crippen molar-refractivity contribution < 1.29 is 14.3 Å². The number of hydrogen-bond donors (Lipinski definition) is 5. The Kier molecular flexibility index (Phi) is 6.15. The second-order valence-corrected chi connectivity index (χ2v) is 11.3. The van der Waals surface area contributed by atoms with E-state index in [0.717, 1.165) is 19.3 Å². The molecule has 1 fully saturated rings. The predicted molar refractivity (Wildman–Crippen MR) is 152 cm³/mol. The lowest BCUT2D eigenvalue weighted by Gasteiger charge is -2.37. The highest BCUT2D eigenvalue weighted by Crippen LogP contribution is 2.50. The first kappa shape index (κ1) is 25.4. The van der Waals surface area contributed by atoms with E-state index in [9.17, 15) is 9.59 Å². The molecule has 6 rings (SSSR count). The molecule has 2 unspecified atom stereocenters. The van der Waals surface area contributed by atoms with Gasteiger partial charge in [-0.2, -0.15) is 0 Å². The fraction of sp³-hybridized carbons (Fsp3) is 0.276. The number of pyridine rings is 1. The molecule has 0 saturated heterocycles. The average Bonchev–Trinajstić information content (AvgIpc) is 3.52. The maximum atomic E-state index is 14.0. The molecule has 0 radical (unpaired) electrons. The first-order valence-corrected chi connectivity index (χ1v) is 13.7. The van der Waals surface area contributed by atoms with Crippen LogP contribution in [0.25, 0.3) is 10.1 Å². The van der Waals surface area contributed by atoms with Gasteiger partial charge in [-0.15, -0.1) is 11.3 Å². The number of ketones is 1. The Labute approximate surface area is 229 Å². The van der Waals surface area contributed by atoms with Crippen molar-refractivity contribution in [2.45, 2.75) is 49.9 Å². The molecule has 1 saturated carbocycles. The number of aryl methyl sites for hydroxylation is 1. The summed E-state index contributed by atoms with van der Waals surface area (Å²) in [6.07, 6.45) is 2.63. The highest BCUT2D eigenvalue weighted by molar-refractivity contribution is 7.21. The lowest BCUT2D eigenvalue weighted by molar-refractivity contribution is -0.124. The summed E-state index contributed by atoms with van der Waals surface area (Å²) in [5.74, 6) is 0.295. The number of benzene rings is 2. The van der Waals surface area contributed by atoms with Gasteiger partial charge >= 0.3 is 0 Å². The van der Waals surface area contributed by atoms with Crippen LogP contribution in [0.3, 0.4) is 0 Å². The van der Waals surface area contributed by atoms with Gasteiger partial charge in [0.05, 0.1) is 15.6 Å². The van der Waals surface area contributed by atoms with Crippen molar-refractivity contribution in [3.05, 3.63) is 81.9 Å². The summed E-state index contributed by atoms with van der Waals surface area (Å²) in [5.41, 5.74) is 27.1. The van der Waals surface area contributed by atoms with Crippen LogP contribution in [0.1, 0.15) is 57.4 Å². The Morgan fingerprint density at radius 2 is 1.82 bits per heavy atom. The van der Waals surface area contributed by atoms with Crippen molar-refractivity contribution in [2.75, 3.05) is 5.73 Å². The van der Waals surface area contributed by atoms with Crippen molar-refractivity contribution in [1.82, 2.24) is 10.3 Å². The second kappa shape index (κ2) is 9.42. The van der Waals surface area contributed by atoms with Crippen LogP contribution in [-0.4, -0.2) is 28.8 Å². The van der Waals surface area contributed by atoms with Gasteiger partial charge in [0, 0.05) is 46.0 Å². The zero-order valence-corrected chi connectivity index (χ0v) is 22.3. The summed E-state index contributed by atoms with van der Waals surface area (Å²) in [4.78, 5) is 32.5. The fourth-order valence-corrected chi connectivity index (χ4v) is 7.05. The van der Waals surface area contributed by atoms with Gasteiger partial charge < -0.3 is 33.0 Å². The number of aromatic nitrogens is 1. The van der Waals surface area contributed by atoms with Gasteiger partial charge in [0.15, 0.2) is 5.78 Å². The minimum atomic E-state index is -1.59. The molecule has 4 atom stereocenters. The average molecular weight is 543 g/mol. The van der Waals surface area contributed by atoms with Crippen LogP contribution in [0.2, 0.25) is 0 Å². The lowest BCUT2D eigenvalue weighted by Crippen LogP contribution is -2.53. The van der Waals surface area contributed by atoms with Gasteiger partial charge in [-0.1, -0.05) is 24.3 Å². The SMILES string of the molecule is Cc1nc(Oc2ccccc2)ccc1C1(N)C(=O)C(N)c2c(C(=O)N[C@@H]3CCC[C@H]3N)sc3c(N)ccc1c23. The van der Waals surface area contributed by atoms with Crippen molar-refractivity contribution in [3.63, 3.8) is 0 Å². The van der Waals surface area contributed by atoms with Gasteiger partial charge in [-0.25, -0.2) is 4.98 Å². The first-order chi connectivity index (χ1) is 18.7. The number of anilines is 1. The molecule has 9 N–H and O–H groups in total. The summed E-state index contributed by atoms with van der Waals surface area (Å²) >= 11 is 1.23. The molecule has 200 valence electrons. The molecule has 1 amide bonds. The van der Waals surface area contributed by atoms with Crippen molar-refractivity contribution in [2.24, 2.45) is 17.2 Å². The van der Waals surface area contributed by atoms with E-state index in [1.165, 1.54) is 11.3 Å². The quantitative estimate of drug-likeness (QED) is 0.239. The second-order valence-electron chi connectivity index (χ2n) is 10.3. The van der Waals surface area contributed by atoms with Crippen molar-refractivity contribution >= 4 is 38.8 Å². The third-order valence-corrected chi connectivity index (χ3v) is 9.11. The zero-order valence-electron chi connectivity index (χ0n) is 21.4. The van der Waals surface area contributed by atoms with E-state index in [2.05, 4.69) is 10.3 Å². The number of para-hydroxylation sites is 1. The topological polar surface area (TPSA) is 172 Å². The summed E-state index contributed by atoms with van der Waals surface area (Å²) in [6, 6.07) is 14.8.